The third kappa shape index (κ3) is 4.16. The standard InChI is InChI=1S/C19H23N5O2S/c1-4-20-17(25)12-23(5-2)19(26)15-9-13(3)22-18-16(15)10-21-24(18)11-14-7-6-8-27-14/h6-10H,4-5,11-12H2,1-3H3,(H,20,25). The molecule has 3 aromatic heterocycles. The van der Waals surface area contributed by atoms with Crippen molar-refractivity contribution in [2.45, 2.75) is 27.3 Å². The van der Waals surface area contributed by atoms with Crippen LogP contribution in [0.15, 0.2) is 29.8 Å². The Labute approximate surface area is 162 Å². The fourth-order valence-corrected chi connectivity index (χ4v) is 3.63. The van der Waals surface area contributed by atoms with Crippen LogP contribution in [0.5, 0.6) is 0 Å². The average molecular weight is 385 g/mol. The van der Waals surface area contributed by atoms with Gasteiger partial charge in [0.1, 0.15) is 0 Å². The molecular formula is C19H23N5O2S. The van der Waals surface area contributed by atoms with Crippen molar-refractivity contribution in [1.29, 1.82) is 0 Å². The number of pyridine rings is 1. The van der Waals surface area contributed by atoms with Crippen molar-refractivity contribution in [3.63, 3.8) is 0 Å². The normalized spacial score (nSPS) is 10.9. The SMILES string of the molecule is CCNC(=O)CN(CC)C(=O)c1cc(C)nc2c1cnn2Cc1cccs1. The van der Waals surface area contributed by atoms with Crippen molar-refractivity contribution in [3.8, 4) is 0 Å². The van der Waals surface area contributed by atoms with Crippen molar-refractivity contribution in [1.82, 2.24) is 25.0 Å². The molecular weight excluding hydrogens is 362 g/mol. The van der Waals surface area contributed by atoms with Crippen LogP contribution in [-0.2, 0) is 11.3 Å². The minimum atomic E-state index is -0.185. The lowest BCUT2D eigenvalue weighted by Crippen LogP contribution is -2.40. The molecule has 142 valence electrons. The second-order valence-electron chi connectivity index (χ2n) is 6.20. The van der Waals surface area contributed by atoms with Gasteiger partial charge in [0.2, 0.25) is 5.91 Å². The Morgan fingerprint density at radius 3 is 2.81 bits per heavy atom. The molecule has 0 unspecified atom stereocenters. The Kier molecular flexibility index (Phi) is 5.85. The summed E-state index contributed by atoms with van der Waals surface area (Å²) >= 11 is 1.66. The highest BCUT2D eigenvalue weighted by Gasteiger charge is 2.22. The number of nitrogens with one attached hydrogen (secondary N) is 1. The van der Waals surface area contributed by atoms with Crippen molar-refractivity contribution >= 4 is 34.2 Å². The largest absolute Gasteiger partial charge is 0.355 e. The molecule has 0 bridgehead atoms. The number of likely N-dealkylation sites (N-methyl/N-ethyl adjacent to an activating group) is 2. The molecule has 0 fully saturated rings. The highest BCUT2D eigenvalue weighted by atomic mass is 32.1. The number of thiophene rings is 1. The molecule has 2 amide bonds. The summed E-state index contributed by atoms with van der Waals surface area (Å²) in [6.45, 7) is 7.22. The zero-order chi connectivity index (χ0) is 19.4. The fraction of sp³-hybridized carbons (Fsp3) is 0.368. The third-order valence-electron chi connectivity index (χ3n) is 4.23. The van der Waals surface area contributed by atoms with Crippen LogP contribution in [0.3, 0.4) is 0 Å². The van der Waals surface area contributed by atoms with Crippen LogP contribution in [0.4, 0.5) is 0 Å². The van der Waals surface area contributed by atoms with Crippen LogP contribution >= 0.6 is 11.3 Å². The lowest BCUT2D eigenvalue weighted by molar-refractivity contribution is -0.121. The highest BCUT2D eigenvalue weighted by Crippen LogP contribution is 2.21. The summed E-state index contributed by atoms with van der Waals surface area (Å²) in [7, 11) is 0. The Morgan fingerprint density at radius 1 is 1.33 bits per heavy atom. The number of aromatic nitrogens is 3. The van der Waals surface area contributed by atoms with E-state index in [0.717, 1.165) is 5.69 Å². The van der Waals surface area contributed by atoms with E-state index >= 15 is 0 Å². The van der Waals surface area contributed by atoms with Crippen LogP contribution in [0.25, 0.3) is 11.0 Å². The Hall–Kier alpha value is -2.74. The minimum absolute atomic E-state index is 0.0371. The first-order chi connectivity index (χ1) is 13.0. The quantitative estimate of drug-likeness (QED) is 0.677. The maximum Gasteiger partial charge on any atom is 0.255 e. The topological polar surface area (TPSA) is 80.1 Å². The van der Waals surface area contributed by atoms with Crippen molar-refractivity contribution in [2.75, 3.05) is 19.6 Å². The molecule has 0 spiro atoms. The molecule has 27 heavy (non-hydrogen) atoms. The van der Waals surface area contributed by atoms with Gasteiger partial charge in [-0.3, -0.25) is 9.59 Å². The summed E-state index contributed by atoms with van der Waals surface area (Å²) < 4.78 is 1.81. The molecule has 0 aromatic carbocycles. The zero-order valence-corrected chi connectivity index (χ0v) is 16.5. The van der Waals surface area contributed by atoms with Crippen molar-refractivity contribution in [3.05, 3.63) is 45.9 Å². The van der Waals surface area contributed by atoms with Gasteiger partial charge in [-0.15, -0.1) is 11.3 Å². The van der Waals surface area contributed by atoms with Gasteiger partial charge in [0.25, 0.3) is 5.91 Å². The first-order valence-electron chi connectivity index (χ1n) is 8.95. The summed E-state index contributed by atoms with van der Waals surface area (Å²) in [5, 5.41) is 9.90. The molecule has 7 nitrogen and oxygen atoms in total. The molecule has 3 rings (SSSR count). The van der Waals surface area contributed by atoms with Gasteiger partial charge in [-0.05, 0) is 38.3 Å². The summed E-state index contributed by atoms with van der Waals surface area (Å²) in [4.78, 5) is 32.3. The van der Waals surface area contributed by atoms with Gasteiger partial charge in [0, 0.05) is 23.7 Å². The second kappa shape index (κ2) is 8.30. The smallest absolute Gasteiger partial charge is 0.255 e. The lowest BCUT2D eigenvalue weighted by atomic mass is 10.1. The third-order valence-corrected chi connectivity index (χ3v) is 5.09. The van der Waals surface area contributed by atoms with Gasteiger partial charge in [0.05, 0.1) is 30.2 Å². The highest BCUT2D eigenvalue weighted by molar-refractivity contribution is 7.09. The van der Waals surface area contributed by atoms with E-state index in [1.165, 1.54) is 9.78 Å². The molecule has 0 aliphatic carbocycles. The van der Waals surface area contributed by atoms with Crippen LogP contribution < -0.4 is 5.32 Å². The number of hydrogen-bond acceptors (Lipinski definition) is 5. The molecule has 0 radical (unpaired) electrons. The molecule has 3 aromatic rings. The maximum absolute atomic E-state index is 13.1. The van der Waals surface area contributed by atoms with Crippen LogP contribution in [-0.4, -0.2) is 51.1 Å². The van der Waals surface area contributed by atoms with Crippen molar-refractivity contribution in [2.24, 2.45) is 0 Å². The number of amides is 2. The van der Waals surface area contributed by atoms with E-state index in [9.17, 15) is 9.59 Å². The lowest BCUT2D eigenvalue weighted by Gasteiger charge is -2.20. The van der Waals surface area contributed by atoms with Gasteiger partial charge in [0.15, 0.2) is 5.65 Å². The summed E-state index contributed by atoms with van der Waals surface area (Å²) in [5.41, 5.74) is 1.95. The zero-order valence-electron chi connectivity index (χ0n) is 15.7. The van der Waals surface area contributed by atoms with E-state index < -0.39 is 0 Å². The molecule has 0 aliphatic heterocycles. The summed E-state index contributed by atoms with van der Waals surface area (Å²) in [6, 6.07) is 5.81. The second-order valence-corrected chi connectivity index (χ2v) is 7.24. The van der Waals surface area contributed by atoms with Gasteiger partial charge < -0.3 is 10.2 Å². The first kappa shape index (κ1) is 19.0. The predicted octanol–water partition coefficient (Wildman–Crippen LogP) is 2.45. The summed E-state index contributed by atoms with van der Waals surface area (Å²) in [6.07, 6.45) is 1.68. The van der Waals surface area contributed by atoms with E-state index in [2.05, 4.69) is 15.4 Å². The number of aryl methyl sites for hydroxylation is 1. The number of nitrogens with zero attached hydrogens (tertiary/aromatic N) is 4. The molecule has 0 aliphatic rings. The molecule has 8 heteroatoms. The minimum Gasteiger partial charge on any atom is -0.355 e. The fourth-order valence-electron chi connectivity index (χ4n) is 2.94. The van der Waals surface area contributed by atoms with E-state index in [1.54, 1.807) is 23.6 Å². The van der Waals surface area contributed by atoms with Crippen LogP contribution in [0.2, 0.25) is 0 Å². The number of fused-ring (bicyclic) bond motifs is 1. The molecule has 1 N–H and O–H groups in total. The number of carbonyl (C=O) groups excluding carboxylic acids is 2. The van der Waals surface area contributed by atoms with E-state index in [0.29, 0.717) is 36.2 Å². The van der Waals surface area contributed by atoms with Crippen LogP contribution in [0, 0.1) is 6.92 Å². The van der Waals surface area contributed by atoms with E-state index in [1.807, 2.05) is 43.0 Å². The van der Waals surface area contributed by atoms with Gasteiger partial charge in [-0.25, -0.2) is 9.67 Å². The maximum atomic E-state index is 13.1. The molecule has 3 heterocycles. The Balaban J connectivity index is 1.94. The van der Waals surface area contributed by atoms with Crippen molar-refractivity contribution < 1.29 is 9.59 Å². The molecule has 0 saturated carbocycles. The molecule has 0 saturated heterocycles. The van der Waals surface area contributed by atoms with Gasteiger partial charge in [-0.2, -0.15) is 5.10 Å². The van der Waals surface area contributed by atoms with Gasteiger partial charge in [-0.1, -0.05) is 6.07 Å². The average Bonchev–Trinajstić information content (AvgIpc) is 3.29. The Bertz CT molecular complexity index is 949. The monoisotopic (exact) mass is 385 g/mol. The van der Waals surface area contributed by atoms with Crippen LogP contribution in [0.1, 0.15) is 34.8 Å². The van der Waals surface area contributed by atoms with Gasteiger partial charge >= 0.3 is 0 Å². The van der Waals surface area contributed by atoms with E-state index in [4.69, 9.17) is 0 Å². The first-order valence-corrected chi connectivity index (χ1v) is 9.83. The predicted molar refractivity (Wildman–Crippen MR) is 106 cm³/mol. The summed E-state index contributed by atoms with van der Waals surface area (Å²) in [5.74, 6) is -0.349. The molecule has 0 atom stereocenters. The Morgan fingerprint density at radius 2 is 2.15 bits per heavy atom. The number of rotatable bonds is 7. The van der Waals surface area contributed by atoms with E-state index in [-0.39, 0.29) is 18.4 Å². The number of carbonyl (C=O) groups is 2. The number of hydrogen-bond donors (Lipinski definition) is 1.